The number of carbonyl (C=O) groups is 1. The lowest BCUT2D eigenvalue weighted by molar-refractivity contribution is 0.0696. The average Bonchev–Trinajstić information content (AvgIpc) is 3.14. The quantitative estimate of drug-likeness (QED) is 0.443. The number of aryl methyl sites for hydroxylation is 2. The third-order valence-corrected chi connectivity index (χ3v) is 5.43. The number of benzene rings is 2. The van der Waals surface area contributed by atoms with Gasteiger partial charge in [-0.2, -0.15) is 5.10 Å². The smallest absolute Gasteiger partial charge is 0.335 e. The zero-order valence-corrected chi connectivity index (χ0v) is 18.8. The lowest BCUT2D eigenvalue weighted by Gasteiger charge is -2.08. The van der Waals surface area contributed by atoms with Gasteiger partial charge < -0.3 is 5.11 Å². The van der Waals surface area contributed by atoms with Crippen LogP contribution in [0.4, 0.5) is 0 Å². The van der Waals surface area contributed by atoms with Gasteiger partial charge in [-0.15, -0.1) is 0 Å². The number of nitrogens with zero attached hydrogens (tertiary/aromatic N) is 3. The number of carboxylic acid groups (broad SMARTS) is 1. The number of aromatic nitrogens is 3. The second-order valence-corrected chi connectivity index (χ2v) is 8.64. The fraction of sp³-hybridized carbons (Fsp3) is 0.423. The van der Waals surface area contributed by atoms with Crippen molar-refractivity contribution >= 4 is 5.97 Å². The highest BCUT2D eigenvalue weighted by atomic mass is 16.4. The first-order valence-corrected chi connectivity index (χ1v) is 11.3. The summed E-state index contributed by atoms with van der Waals surface area (Å²) in [5.74, 6) is 1.79. The van der Waals surface area contributed by atoms with Gasteiger partial charge in [0.15, 0.2) is 5.82 Å². The number of carboxylic acids is 1. The molecular weight excluding hydrogens is 386 g/mol. The molecule has 1 N–H and O–H groups in total. The fourth-order valence-electron chi connectivity index (χ4n) is 3.58. The van der Waals surface area contributed by atoms with E-state index in [1.807, 2.05) is 6.07 Å². The molecule has 0 fully saturated rings. The van der Waals surface area contributed by atoms with Crippen LogP contribution in [0.25, 0.3) is 0 Å². The highest BCUT2D eigenvalue weighted by molar-refractivity contribution is 5.87. The molecule has 0 atom stereocenters. The highest BCUT2D eigenvalue weighted by Crippen LogP contribution is 2.15. The van der Waals surface area contributed by atoms with Gasteiger partial charge in [-0.1, -0.05) is 63.6 Å². The minimum atomic E-state index is -0.892. The Labute approximate surface area is 185 Å². The minimum Gasteiger partial charge on any atom is -0.478 e. The molecule has 0 unspecified atom stereocenters. The van der Waals surface area contributed by atoms with Crippen molar-refractivity contribution < 1.29 is 9.90 Å². The van der Waals surface area contributed by atoms with Crippen LogP contribution in [-0.4, -0.2) is 25.8 Å². The van der Waals surface area contributed by atoms with Gasteiger partial charge in [0, 0.05) is 12.8 Å². The Bertz CT molecular complexity index is 990. The normalized spacial score (nSPS) is 11.2. The van der Waals surface area contributed by atoms with Gasteiger partial charge >= 0.3 is 5.97 Å². The molecule has 1 aromatic heterocycles. The molecule has 0 aliphatic carbocycles. The van der Waals surface area contributed by atoms with E-state index in [2.05, 4.69) is 49.7 Å². The lowest BCUT2D eigenvalue weighted by Crippen LogP contribution is -2.07. The Kier molecular flexibility index (Phi) is 7.99. The minimum absolute atomic E-state index is 0.327. The van der Waals surface area contributed by atoms with Crippen LogP contribution in [0, 0.1) is 5.92 Å². The van der Waals surface area contributed by atoms with E-state index in [1.165, 1.54) is 5.56 Å². The van der Waals surface area contributed by atoms with Crippen molar-refractivity contribution in [2.75, 3.05) is 0 Å². The average molecular weight is 420 g/mol. The van der Waals surface area contributed by atoms with Crippen molar-refractivity contribution in [3.8, 4) is 0 Å². The molecule has 0 radical (unpaired) electrons. The lowest BCUT2D eigenvalue weighted by atomic mass is 10.0. The molecule has 31 heavy (non-hydrogen) atoms. The number of hydrogen-bond acceptors (Lipinski definition) is 3. The van der Waals surface area contributed by atoms with Crippen molar-refractivity contribution in [1.82, 2.24) is 14.8 Å². The molecule has 3 rings (SSSR count). The van der Waals surface area contributed by atoms with Gasteiger partial charge in [0.2, 0.25) is 0 Å². The topological polar surface area (TPSA) is 68.0 Å². The summed E-state index contributed by atoms with van der Waals surface area (Å²) in [6.07, 6.45) is 5.98. The van der Waals surface area contributed by atoms with Crippen LogP contribution < -0.4 is 0 Å². The highest BCUT2D eigenvalue weighted by Gasteiger charge is 2.11. The summed E-state index contributed by atoms with van der Waals surface area (Å²) >= 11 is 0. The molecule has 0 spiro atoms. The van der Waals surface area contributed by atoms with Gasteiger partial charge in [0.05, 0.1) is 12.1 Å². The van der Waals surface area contributed by atoms with Crippen molar-refractivity contribution in [3.05, 3.63) is 82.4 Å². The third kappa shape index (κ3) is 6.78. The van der Waals surface area contributed by atoms with Crippen molar-refractivity contribution in [2.24, 2.45) is 5.92 Å². The molecule has 0 aliphatic heterocycles. The molecule has 0 aliphatic rings. The number of rotatable bonds is 11. The predicted octanol–water partition coefficient (Wildman–Crippen LogP) is 5.55. The van der Waals surface area contributed by atoms with Crippen LogP contribution >= 0.6 is 0 Å². The van der Waals surface area contributed by atoms with E-state index >= 15 is 0 Å². The van der Waals surface area contributed by atoms with E-state index in [9.17, 15) is 9.90 Å². The second kappa shape index (κ2) is 10.9. The molecule has 1 heterocycles. The van der Waals surface area contributed by atoms with Crippen molar-refractivity contribution in [3.63, 3.8) is 0 Å². The van der Waals surface area contributed by atoms with Crippen LogP contribution in [0.3, 0.4) is 0 Å². The molecule has 164 valence electrons. The first-order valence-electron chi connectivity index (χ1n) is 11.3. The van der Waals surface area contributed by atoms with Crippen LogP contribution in [0.5, 0.6) is 0 Å². The van der Waals surface area contributed by atoms with Gasteiger partial charge in [-0.25, -0.2) is 14.5 Å². The summed E-state index contributed by atoms with van der Waals surface area (Å²) in [6.45, 7) is 7.39. The SMILES string of the molecule is CCCCc1nc(CCC(C)C)nn1Cc1ccc(Cc2cccc(C(=O)O)c2)cc1. The van der Waals surface area contributed by atoms with Crippen LogP contribution in [0.15, 0.2) is 48.5 Å². The second-order valence-electron chi connectivity index (χ2n) is 8.64. The molecule has 0 amide bonds. The van der Waals surface area contributed by atoms with Gasteiger partial charge in [0.25, 0.3) is 0 Å². The summed E-state index contributed by atoms with van der Waals surface area (Å²) < 4.78 is 2.07. The Morgan fingerprint density at radius 3 is 2.45 bits per heavy atom. The molecule has 5 nitrogen and oxygen atoms in total. The van der Waals surface area contributed by atoms with Crippen LogP contribution in [0.2, 0.25) is 0 Å². The Balaban J connectivity index is 1.69. The van der Waals surface area contributed by atoms with E-state index in [0.29, 0.717) is 17.9 Å². The molecule has 0 bridgehead atoms. The van der Waals surface area contributed by atoms with Crippen molar-refractivity contribution in [1.29, 1.82) is 0 Å². The summed E-state index contributed by atoms with van der Waals surface area (Å²) in [4.78, 5) is 16.0. The van der Waals surface area contributed by atoms with E-state index in [0.717, 1.165) is 61.4 Å². The molecule has 3 aromatic rings. The Hall–Kier alpha value is -2.95. The van der Waals surface area contributed by atoms with Gasteiger partial charge in [-0.05, 0) is 54.0 Å². The van der Waals surface area contributed by atoms with E-state index in [1.54, 1.807) is 18.2 Å². The molecule has 0 saturated heterocycles. The van der Waals surface area contributed by atoms with E-state index in [4.69, 9.17) is 10.1 Å². The monoisotopic (exact) mass is 419 g/mol. The molecular formula is C26H33N3O2. The Morgan fingerprint density at radius 2 is 1.77 bits per heavy atom. The maximum absolute atomic E-state index is 11.2. The fourth-order valence-corrected chi connectivity index (χ4v) is 3.58. The number of aromatic carboxylic acids is 1. The van der Waals surface area contributed by atoms with Crippen LogP contribution in [0.1, 0.15) is 78.7 Å². The largest absolute Gasteiger partial charge is 0.478 e. The molecule has 2 aromatic carbocycles. The molecule has 0 saturated carbocycles. The molecule has 5 heteroatoms. The number of unbranched alkanes of at least 4 members (excludes halogenated alkanes) is 1. The predicted molar refractivity (Wildman–Crippen MR) is 124 cm³/mol. The summed E-state index contributed by atoms with van der Waals surface area (Å²) in [7, 11) is 0. The standard InChI is InChI=1S/C26H33N3O2/c1-4-5-9-25-27-24(15-10-19(2)3)28-29(25)18-21-13-11-20(12-14-21)16-22-7-6-8-23(17-22)26(30)31/h6-8,11-14,17,19H,4-5,9-10,15-16,18H2,1-3H3,(H,30,31). The zero-order chi connectivity index (χ0) is 22.2. The van der Waals surface area contributed by atoms with E-state index < -0.39 is 5.97 Å². The first kappa shape index (κ1) is 22.7. The number of hydrogen-bond donors (Lipinski definition) is 1. The van der Waals surface area contributed by atoms with E-state index in [-0.39, 0.29) is 0 Å². The summed E-state index contributed by atoms with van der Waals surface area (Å²) in [5.41, 5.74) is 3.68. The maximum Gasteiger partial charge on any atom is 0.335 e. The summed E-state index contributed by atoms with van der Waals surface area (Å²) in [6, 6.07) is 15.6. The Morgan fingerprint density at radius 1 is 1.03 bits per heavy atom. The van der Waals surface area contributed by atoms with Gasteiger partial charge in [0.1, 0.15) is 5.82 Å². The maximum atomic E-state index is 11.2. The first-order chi connectivity index (χ1) is 14.9. The third-order valence-electron chi connectivity index (χ3n) is 5.43. The van der Waals surface area contributed by atoms with Crippen LogP contribution in [-0.2, 0) is 25.8 Å². The summed E-state index contributed by atoms with van der Waals surface area (Å²) in [5, 5.41) is 14.0. The van der Waals surface area contributed by atoms with Gasteiger partial charge in [-0.3, -0.25) is 0 Å². The zero-order valence-electron chi connectivity index (χ0n) is 18.8. The van der Waals surface area contributed by atoms with Crippen molar-refractivity contribution in [2.45, 2.75) is 65.8 Å².